The first-order valence-electron chi connectivity index (χ1n) is 9.59. The molecule has 0 aliphatic carbocycles. The van der Waals surface area contributed by atoms with Gasteiger partial charge in [-0.05, 0) is 75.6 Å². The quantitative estimate of drug-likeness (QED) is 0.485. The molecule has 154 valence electrons. The Morgan fingerprint density at radius 3 is 2.37 bits per heavy atom. The number of hydrogen-bond donors (Lipinski definition) is 3. The Hall–Kier alpha value is -2.96. The normalized spacial score (nSPS) is 18.3. The summed E-state index contributed by atoms with van der Waals surface area (Å²) in [4.78, 5) is 0. The average Bonchev–Trinajstić information content (AvgIpc) is 2.79. The van der Waals surface area contributed by atoms with Crippen LogP contribution in [0.15, 0.2) is 77.3 Å². The molecule has 30 heavy (non-hydrogen) atoms. The van der Waals surface area contributed by atoms with Crippen molar-refractivity contribution in [2.45, 2.75) is 12.2 Å². The molecule has 3 aromatic carbocycles. The summed E-state index contributed by atoms with van der Waals surface area (Å²) in [5.41, 5.74) is 3.88. The van der Waals surface area contributed by atoms with Gasteiger partial charge >= 0.3 is 0 Å². The number of rotatable bonds is 5. The summed E-state index contributed by atoms with van der Waals surface area (Å²) in [6, 6.07) is 21.1. The summed E-state index contributed by atoms with van der Waals surface area (Å²) < 4.78 is 11.5. The highest BCUT2D eigenvalue weighted by atomic mass is 79.9. The van der Waals surface area contributed by atoms with Crippen LogP contribution in [-0.4, -0.2) is 19.3 Å². The Labute approximate surface area is 184 Å². The lowest BCUT2D eigenvalue weighted by Crippen LogP contribution is -2.39. The molecule has 2 unspecified atom stereocenters. The van der Waals surface area contributed by atoms with E-state index in [-0.39, 0.29) is 18.0 Å². The summed E-state index contributed by atoms with van der Waals surface area (Å²) in [6.45, 7) is 0. The Morgan fingerprint density at radius 1 is 0.933 bits per heavy atom. The van der Waals surface area contributed by atoms with Crippen molar-refractivity contribution < 1.29 is 14.6 Å². The van der Waals surface area contributed by atoms with E-state index >= 15 is 0 Å². The van der Waals surface area contributed by atoms with Crippen LogP contribution in [0.4, 0.5) is 0 Å². The number of halogens is 1. The van der Waals surface area contributed by atoms with Gasteiger partial charge in [0.2, 0.25) is 0 Å². The lowest BCUT2D eigenvalue weighted by molar-refractivity contribution is 0.408. The van der Waals surface area contributed by atoms with Gasteiger partial charge in [-0.15, -0.1) is 0 Å². The molecule has 3 N–H and O–H groups in total. The Bertz CT molecular complexity index is 1070. The van der Waals surface area contributed by atoms with Crippen LogP contribution < -0.4 is 20.1 Å². The highest BCUT2D eigenvalue weighted by molar-refractivity contribution is 9.10. The van der Waals surface area contributed by atoms with Gasteiger partial charge in [0.15, 0.2) is 0 Å². The third-order valence-electron chi connectivity index (χ3n) is 5.16. The van der Waals surface area contributed by atoms with Gasteiger partial charge in [0.25, 0.3) is 0 Å². The van der Waals surface area contributed by atoms with Crippen LogP contribution in [0.3, 0.4) is 0 Å². The molecule has 0 fully saturated rings. The predicted molar refractivity (Wildman–Crippen MR) is 122 cm³/mol. The number of ether oxygens (including phenoxy) is 2. The zero-order valence-electron chi connectivity index (χ0n) is 16.7. The van der Waals surface area contributed by atoms with Crippen LogP contribution in [-0.2, 0) is 0 Å². The van der Waals surface area contributed by atoms with Crippen LogP contribution in [0.25, 0.3) is 5.70 Å². The van der Waals surface area contributed by atoms with Crippen molar-refractivity contribution in [2.24, 2.45) is 0 Å². The number of phenols is 1. The van der Waals surface area contributed by atoms with Gasteiger partial charge in [-0.25, -0.2) is 0 Å². The molecule has 0 amide bonds. The van der Waals surface area contributed by atoms with Crippen LogP contribution in [0.5, 0.6) is 17.2 Å². The number of benzene rings is 3. The molecule has 0 spiro atoms. The summed E-state index contributed by atoms with van der Waals surface area (Å²) in [7, 11) is 3.30. The summed E-state index contributed by atoms with van der Waals surface area (Å²) >= 11 is 3.57. The van der Waals surface area contributed by atoms with E-state index in [0.29, 0.717) is 0 Å². The summed E-state index contributed by atoms with van der Waals surface area (Å²) in [6.07, 6.45) is 1.92. The van der Waals surface area contributed by atoms with Crippen molar-refractivity contribution >= 4 is 21.6 Å². The standard InChI is InChI=1S/C24H23BrN2O3/c1-29-17-10-7-15(8-11-17)20-14-21(18-5-3-4-6-22(18)28)27-24(26-20)16-9-12-23(30-2)19(25)13-16/h3-14,21,24,26-28H,1-2H3. The molecule has 0 saturated heterocycles. The Kier molecular flexibility index (Phi) is 5.97. The Morgan fingerprint density at radius 2 is 1.70 bits per heavy atom. The zero-order chi connectivity index (χ0) is 21.1. The van der Waals surface area contributed by atoms with Gasteiger partial charge in [-0.1, -0.05) is 24.3 Å². The van der Waals surface area contributed by atoms with E-state index in [0.717, 1.165) is 38.4 Å². The van der Waals surface area contributed by atoms with Crippen molar-refractivity contribution in [3.8, 4) is 17.2 Å². The Balaban J connectivity index is 1.74. The number of methoxy groups -OCH3 is 2. The average molecular weight is 467 g/mol. The summed E-state index contributed by atoms with van der Waals surface area (Å²) in [5, 5.41) is 17.6. The highest BCUT2D eigenvalue weighted by Gasteiger charge is 2.26. The monoisotopic (exact) mass is 466 g/mol. The van der Waals surface area contributed by atoms with Crippen LogP contribution in [0, 0.1) is 0 Å². The fourth-order valence-electron chi connectivity index (χ4n) is 3.56. The lowest BCUT2D eigenvalue weighted by Gasteiger charge is -2.33. The first-order valence-corrected chi connectivity index (χ1v) is 10.4. The van der Waals surface area contributed by atoms with Gasteiger partial charge < -0.3 is 19.9 Å². The molecular formula is C24H23BrN2O3. The maximum atomic E-state index is 10.4. The molecule has 4 rings (SSSR count). The molecule has 0 saturated carbocycles. The maximum absolute atomic E-state index is 10.4. The molecule has 6 heteroatoms. The fourth-order valence-corrected chi connectivity index (χ4v) is 4.12. The van der Waals surface area contributed by atoms with Gasteiger partial charge in [0.05, 0.1) is 24.7 Å². The van der Waals surface area contributed by atoms with Crippen molar-refractivity contribution in [1.82, 2.24) is 10.6 Å². The van der Waals surface area contributed by atoms with Gasteiger partial charge in [-0.3, -0.25) is 5.32 Å². The first kappa shape index (κ1) is 20.3. The molecule has 5 nitrogen and oxygen atoms in total. The first-order chi connectivity index (χ1) is 14.6. The molecular weight excluding hydrogens is 444 g/mol. The topological polar surface area (TPSA) is 62.8 Å². The van der Waals surface area contributed by atoms with Crippen LogP contribution >= 0.6 is 15.9 Å². The minimum atomic E-state index is -0.171. The highest BCUT2D eigenvalue weighted by Crippen LogP contribution is 2.35. The van der Waals surface area contributed by atoms with Crippen LogP contribution in [0.2, 0.25) is 0 Å². The molecule has 0 radical (unpaired) electrons. The predicted octanol–water partition coefficient (Wildman–Crippen LogP) is 5.15. The SMILES string of the molecule is COc1ccc(C2=CC(c3ccccc3O)NC(c3ccc(OC)c(Br)c3)N2)cc1. The number of hydrogen-bond acceptors (Lipinski definition) is 5. The van der Waals surface area contributed by atoms with Crippen LogP contribution in [0.1, 0.15) is 28.9 Å². The third-order valence-corrected chi connectivity index (χ3v) is 5.78. The minimum absolute atomic E-state index is 0.168. The van der Waals surface area contributed by atoms with E-state index in [9.17, 15) is 5.11 Å². The number of phenolic OH excluding ortho intramolecular Hbond substituents is 1. The second kappa shape index (κ2) is 8.81. The van der Waals surface area contributed by atoms with Crippen molar-refractivity contribution in [1.29, 1.82) is 0 Å². The number of nitrogens with one attached hydrogen (secondary N) is 2. The largest absolute Gasteiger partial charge is 0.508 e. The second-order valence-electron chi connectivity index (χ2n) is 6.98. The fraction of sp³-hybridized carbons (Fsp3) is 0.167. The molecule has 0 aromatic heterocycles. The lowest BCUT2D eigenvalue weighted by atomic mass is 9.98. The second-order valence-corrected chi connectivity index (χ2v) is 7.84. The van der Waals surface area contributed by atoms with Gasteiger partial charge in [0.1, 0.15) is 23.4 Å². The number of aromatic hydroxyl groups is 1. The van der Waals surface area contributed by atoms with E-state index in [1.54, 1.807) is 20.3 Å². The zero-order valence-corrected chi connectivity index (χ0v) is 18.3. The van der Waals surface area contributed by atoms with E-state index in [1.165, 1.54) is 0 Å². The van der Waals surface area contributed by atoms with Crippen molar-refractivity contribution in [2.75, 3.05) is 14.2 Å². The maximum Gasteiger partial charge on any atom is 0.133 e. The van der Waals surface area contributed by atoms with E-state index in [1.807, 2.05) is 60.7 Å². The number of para-hydroxylation sites is 1. The minimum Gasteiger partial charge on any atom is -0.508 e. The molecule has 1 heterocycles. The molecule has 0 bridgehead atoms. The molecule has 3 aromatic rings. The molecule has 1 aliphatic rings. The molecule has 2 atom stereocenters. The summed E-state index contributed by atoms with van der Waals surface area (Å²) in [5.74, 6) is 1.84. The van der Waals surface area contributed by atoms with E-state index in [4.69, 9.17) is 9.47 Å². The third kappa shape index (κ3) is 4.15. The molecule has 1 aliphatic heterocycles. The van der Waals surface area contributed by atoms with Gasteiger partial charge in [-0.2, -0.15) is 0 Å². The van der Waals surface area contributed by atoms with Crippen molar-refractivity contribution in [3.63, 3.8) is 0 Å². The smallest absolute Gasteiger partial charge is 0.133 e. The van der Waals surface area contributed by atoms with E-state index in [2.05, 4.69) is 32.6 Å². The van der Waals surface area contributed by atoms with Crippen molar-refractivity contribution in [3.05, 3.63) is 94.0 Å². The van der Waals surface area contributed by atoms with Gasteiger partial charge in [0, 0.05) is 11.3 Å². The van der Waals surface area contributed by atoms with E-state index < -0.39 is 0 Å².